The second-order valence-electron chi connectivity index (χ2n) is 6.90. The summed E-state index contributed by atoms with van der Waals surface area (Å²) in [7, 11) is 0. The van der Waals surface area contributed by atoms with Crippen LogP contribution in [0.4, 0.5) is 0 Å². The lowest BCUT2D eigenvalue weighted by molar-refractivity contribution is 0.0808. The number of piperidine rings is 1. The van der Waals surface area contributed by atoms with Crippen LogP contribution >= 0.6 is 11.8 Å². The van der Waals surface area contributed by atoms with Crippen LogP contribution in [0.15, 0.2) is 53.4 Å². The van der Waals surface area contributed by atoms with Crippen molar-refractivity contribution >= 4 is 23.3 Å². The van der Waals surface area contributed by atoms with E-state index in [1.54, 1.807) is 18.7 Å². The standard InChI is InChI=1S/C22H25NO2S/c1-16(24)18-8-5-7-17(13-18)14-23-12-6-9-19(15-23)22(25)20-10-3-4-11-21(20)26-2/h3-5,7-8,10-11,13,19H,6,9,12,14-15H2,1-2H3/t19-/m0/s1. The van der Waals surface area contributed by atoms with E-state index in [2.05, 4.69) is 11.0 Å². The fraction of sp³-hybridized carbons (Fsp3) is 0.364. The molecule has 1 aliphatic rings. The van der Waals surface area contributed by atoms with Crippen molar-refractivity contribution in [1.82, 2.24) is 4.90 Å². The molecule has 3 nitrogen and oxygen atoms in total. The van der Waals surface area contributed by atoms with Gasteiger partial charge in [-0.2, -0.15) is 0 Å². The average Bonchev–Trinajstić information content (AvgIpc) is 2.67. The second-order valence-corrected chi connectivity index (χ2v) is 7.74. The van der Waals surface area contributed by atoms with Gasteiger partial charge in [0.25, 0.3) is 0 Å². The summed E-state index contributed by atoms with van der Waals surface area (Å²) >= 11 is 1.63. The van der Waals surface area contributed by atoms with Gasteiger partial charge in [0.1, 0.15) is 0 Å². The lowest BCUT2D eigenvalue weighted by Gasteiger charge is -2.32. The topological polar surface area (TPSA) is 37.4 Å². The summed E-state index contributed by atoms with van der Waals surface area (Å²) in [6.45, 7) is 4.16. The highest BCUT2D eigenvalue weighted by atomic mass is 32.2. The molecule has 1 saturated heterocycles. The van der Waals surface area contributed by atoms with Gasteiger partial charge >= 0.3 is 0 Å². The van der Waals surface area contributed by atoms with Gasteiger partial charge in [0.15, 0.2) is 11.6 Å². The van der Waals surface area contributed by atoms with Gasteiger partial charge in [0.05, 0.1) is 0 Å². The predicted octanol–water partition coefficient (Wildman–Crippen LogP) is 4.71. The highest BCUT2D eigenvalue weighted by Crippen LogP contribution is 2.27. The maximum atomic E-state index is 13.0. The van der Waals surface area contributed by atoms with E-state index in [9.17, 15) is 9.59 Å². The van der Waals surface area contributed by atoms with Gasteiger partial charge < -0.3 is 0 Å². The van der Waals surface area contributed by atoms with E-state index in [1.165, 1.54) is 0 Å². The molecule has 0 spiro atoms. The summed E-state index contributed by atoms with van der Waals surface area (Å²) < 4.78 is 0. The van der Waals surface area contributed by atoms with Crippen molar-refractivity contribution in [2.45, 2.75) is 31.2 Å². The van der Waals surface area contributed by atoms with Crippen molar-refractivity contribution in [2.75, 3.05) is 19.3 Å². The highest BCUT2D eigenvalue weighted by Gasteiger charge is 2.27. The molecule has 136 valence electrons. The first-order valence-electron chi connectivity index (χ1n) is 9.08. The number of nitrogens with zero attached hydrogens (tertiary/aromatic N) is 1. The van der Waals surface area contributed by atoms with Gasteiger partial charge in [-0.3, -0.25) is 14.5 Å². The quantitative estimate of drug-likeness (QED) is 0.547. The number of carbonyl (C=O) groups is 2. The van der Waals surface area contributed by atoms with E-state index in [1.807, 2.05) is 48.7 Å². The molecule has 0 aliphatic carbocycles. The summed E-state index contributed by atoms with van der Waals surface area (Å²) in [5.41, 5.74) is 2.74. The molecule has 26 heavy (non-hydrogen) atoms. The minimum absolute atomic E-state index is 0.0491. The molecule has 0 amide bonds. The van der Waals surface area contributed by atoms with Crippen LogP contribution in [0.5, 0.6) is 0 Å². The second kappa shape index (κ2) is 8.65. The number of Topliss-reactive ketones (excluding diaryl/α,β-unsaturated/α-hetero) is 2. The summed E-state index contributed by atoms with van der Waals surface area (Å²) in [6, 6.07) is 15.7. The number of thioether (sulfide) groups is 1. The summed E-state index contributed by atoms with van der Waals surface area (Å²) in [5, 5.41) is 0. The Morgan fingerprint density at radius 3 is 2.73 bits per heavy atom. The molecule has 1 heterocycles. The van der Waals surface area contributed by atoms with Gasteiger partial charge in [-0.15, -0.1) is 11.8 Å². The molecule has 0 unspecified atom stereocenters. The monoisotopic (exact) mass is 367 g/mol. The zero-order valence-electron chi connectivity index (χ0n) is 15.4. The largest absolute Gasteiger partial charge is 0.298 e. The molecular formula is C22H25NO2S. The van der Waals surface area contributed by atoms with Crippen LogP contribution in [0.25, 0.3) is 0 Å². The normalized spacial score (nSPS) is 17.8. The number of benzene rings is 2. The van der Waals surface area contributed by atoms with E-state index in [0.29, 0.717) is 0 Å². The van der Waals surface area contributed by atoms with Crippen molar-refractivity contribution in [2.24, 2.45) is 5.92 Å². The number of rotatable bonds is 6. The lowest BCUT2D eigenvalue weighted by Crippen LogP contribution is -2.38. The van der Waals surface area contributed by atoms with Gasteiger partial charge in [-0.25, -0.2) is 0 Å². The van der Waals surface area contributed by atoms with Crippen LogP contribution in [0.2, 0.25) is 0 Å². The van der Waals surface area contributed by atoms with E-state index >= 15 is 0 Å². The Kier molecular flexibility index (Phi) is 6.28. The summed E-state index contributed by atoms with van der Waals surface area (Å²) in [5.74, 6) is 0.400. The van der Waals surface area contributed by atoms with Gasteiger partial charge in [0, 0.05) is 35.0 Å². The fourth-order valence-corrected chi connectivity index (χ4v) is 4.23. The fourth-order valence-electron chi connectivity index (χ4n) is 3.63. The SMILES string of the molecule is CSc1ccccc1C(=O)[C@H]1CCCN(Cc2cccc(C(C)=O)c2)C1. The van der Waals surface area contributed by atoms with E-state index in [0.717, 1.165) is 54.1 Å². The van der Waals surface area contributed by atoms with E-state index in [-0.39, 0.29) is 17.5 Å². The molecule has 0 radical (unpaired) electrons. The smallest absolute Gasteiger partial charge is 0.168 e. The molecule has 0 N–H and O–H groups in total. The average molecular weight is 368 g/mol. The maximum absolute atomic E-state index is 13.0. The van der Waals surface area contributed by atoms with Crippen molar-refractivity contribution in [3.63, 3.8) is 0 Å². The molecule has 0 aromatic heterocycles. The molecule has 2 aromatic rings. The third-order valence-electron chi connectivity index (χ3n) is 4.99. The molecule has 0 bridgehead atoms. The lowest BCUT2D eigenvalue weighted by atomic mass is 9.89. The molecule has 2 aromatic carbocycles. The van der Waals surface area contributed by atoms with Crippen molar-refractivity contribution in [1.29, 1.82) is 0 Å². The van der Waals surface area contributed by atoms with Crippen LogP contribution in [-0.4, -0.2) is 35.8 Å². The Labute approximate surface area is 159 Å². The highest BCUT2D eigenvalue weighted by molar-refractivity contribution is 7.98. The first-order valence-corrected chi connectivity index (χ1v) is 10.3. The third kappa shape index (κ3) is 4.43. The number of likely N-dealkylation sites (tertiary alicyclic amines) is 1. The molecule has 0 saturated carbocycles. The Morgan fingerprint density at radius 2 is 1.96 bits per heavy atom. The first kappa shape index (κ1) is 18.9. The van der Waals surface area contributed by atoms with E-state index in [4.69, 9.17) is 0 Å². The zero-order chi connectivity index (χ0) is 18.5. The Hall–Kier alpha value is -1.91. The van der Waals surface area contributed by atoms with Crippen LogP contribution in [0.3, 0.4) is 0 Å². The van der Waals surface area contributed by atoms with Gasteiger partial charge in [0.2, 0.25) is 0 Å². The molecular weight excluding hydrogens is 342 g/mol. The van der Waals surface area contributed by atoms with Gasteiger partial charge in [-0.1, -0.05) is 36.4 Å². The Morgan fingerprint density at radius 1 is 1.15 bits per heavy atom. The molecule has 4 heteroatoms. The molecule has 1 atom stereocenters. The summed E-state index contributed by atoms with van der Waals surface area (Å²) in [6.07, 6.45) is 4.00. The van der Waals surface area contributed by atoms with Crippen molar-refractivity contribution in [3.8, 4) is 0 Å². The predicted molar refractivity (Wildman–Crippen MR) is 107 cm³/mol. The minimum atomic E-state index is 0.0491. The molecule has 1 aliphatic heterocycles. The molecule has 1 fully saturated rings. The first-order chi connectivity index (χ1) is 12.6. The third-order valence-corrected chi connectivity index (χ3v) is 5.78. The maximum Gasteiger partial charge on any atom is 0.168 e. The molecule has 3 rings (SSSR count). The van der Waals surface area contributed by atoms with Crippen LogP contribution in [0, 0.1) is 5.92 Å². The van der Waals surface area contributed by atoms with E-state index < -0.39 is 0 Å². The number of hydrogen-bond acceptors (Lipinski definition) is 4. The van der Waals surface area contributed by atoms with Crippen LogP contribution in [0.1, 0.15) is 46.0 Å². The number of hydrogen-bond donors (Lipinski definition) is 0. The van der Waals surface area contributed by atoms with Crippen LogP contribution in [-0.2, 0) is 6.54 Å². The Balaban J connectivity index is 1.70. The van der Waals surface area contributed by atoms with Crippen molar-refractivity contribution in [3.05, 3.63) is 65.2 Å². The Bertz CT molecular complexity index is 802. The zero-order valence-corrected chi connectivity index (χ0v) is 16.2. The minimum Gasteiger partial charge on any atom is -0.298 e. The number of ketones is 2. The number of carbonyl (C=O) groups excluding carboxylic acids is 2. The van der Waals surface area contributed by atoms with Crippen LogP contribution < -0.4 is 0 Å². The summed E-state index contributed by atoms with van der Waals surface area (Å²) in [4.78, 5) is 28.0. The van der Waals surface area contributed by atoms with Gasteiger partial charge in [-0.05, 0) is 50.3 Å². The van der Waals surface area contributed by atoms with Crippen molar-refractivity contribution < 1.29 is 9.59 Å².